The first-order chi connectivity index (χ1) is 9.06. The van der Waals surface area contributed by atoms with E-state index in [9.17, 15) is 9.90 Å². The summed E-state index contributed by atoms with van der Waals surface area (Å²) >= 11 is 5.77. The van der Waals surface area contributed by atoms with Crippen molar-refractivity contribution in [1.29, 1.82) is 0 Å². The molecule has 0 aliphatic carbocycles. The average Bonchev–Trinajstić information content (AvgIpc) is 2.39. The minimum Gasteiger partial charge on any atom is -0.389 e. The first-order valence-corrected chi connectivity index (χ1v) is 6.29. The van der Waals surface area contributed by atoms with Crippen LogP contribution in [0.2, 0.25) is 5.02 Å². The Morgan fingerprint density at radius 2 is 1.89 bits per heavy atom. The van der Waals surface area contributed by atoms with Gasteiger partial charge in [-0.2, -0.15) is 0 Å². The highest BCUT2D eigenvalue weighted by Gasteiger charge is 2.07. The first-order valence-electron chi connectivity index (χ1n) is 5.91. The third-order valence-electron chi connectivity index (χ3n) is 2.73. The predicted octanol–water partition coefficient (Wildman–Crippen LogP) is 3.65. The van der Waals surface area contributed by atoms with E-state index in [2.05, 4.69) is 5.32 Å². The summed E-state index contributed by atoms with van der Waals surface area (Å²) in [6.07, 6.45) is -0.563. The fraction of sp³-hybridized carbons (Fsp3) is 0.133. The molecule has 3 nitrogen and oxygen atoms in total. The van der Waals surface area contributed by atoms with Crippen LogP contribution in [0.25, 0.3) is 0 Å². The molecule has 1 amide bonds. The summed E-state index contributed by atoms with van der Waals surface area (Å²) in [5, 5.41) is 12.9. The van der Waals surface area contributed by atoms with Gasteiger partial charge >= 0.3 is 0 Å². The van der Waals surface area contributed by atoms with Crippen LogP contribution < -0.4 is 5.32 Å². The Balaban J connectivity index is 2.14. The fourth-order valence-electron chi connectivity index (χ4n) is 1.68. The van der Waals surface area contributed by atoms with Crippen molar-refractivity contribution in [3.8, 4) is 0 Å². The normalized spacial score (nSPS) is 11.9. The zero-order valence-corrected chi connectivity index (χ0v) is 11.2. The molecule has 0 aliphatic heterocycles. The Morgan fingerprint density at radius 1 is 1.21 bits per heavy atom. The minimum atomic E-state index is -0.563. The highest BCUT2D eigenvalue weighted by molar-refractivity contribution is 6.30. The number of benzene rings is 2. The molecule has 2 N–H and O–H groups in total. The van der Waals surface area contributed by atoms with Gasteiger partial charge in [0.15, 0.2) is 0 Å². The topological polar surface area (TPSA) is 49.3 Å². The standard InChI is InChI=1S/C15H14ClNO2/c1-10(18)12-3-2-4-14(9-12)17-15(19)11-5-7-13(16)8-6-11/h2-10,18H,1H3,(H,17,19). The van der Waals surface area contributed by atoms with Crippen LogP contribution in [0.5, 0.6) is 0 Å². The molecule has 19 heavy (non-hydrogen) atoms. The number of rotatable bonds is 3. The molecule has 0 saturated carbocycles. The average molecular weight is 276 g/mol. The number of hydrogen-bond acceptors (Lipinski definition) is 2. The third kappa shape index (κ3) is 3.56. The van der Waals surface area contributed by atoms with Gasteiger partial charge in [0.05, 0.1) is 6.10 Å². The SMILES string of the molecule is CC(O)c1cccc(NC(=O)c2ccc(Cl)cc2)c1. The molecule has 98 valence electrons. The van der Waals surface area contributed by atoms with E-state index in [1.165, 1.54) is 0 Å². The van der Waals surface area contributed by atoms with Gasteiger partial charge in [-0.1, -0.05) is 23.7 Å². The van der Waals surface area contributed by atoms with Crippen LogP contribution in [0.15, 0.2) is 48.5 Å². The highest BCUT2D eigenvalue weighted by atomic mass is 35.5. The molecule has 2 aromatic carbocycles. The molecule has 2 aromatic rings. The van der Waals surface area contributed by atoms with Crippen LogP contribution in [0, 0.1) is 0 Å². The number of aliphatic hydroxyl groups is 1. The van der Waals surface area contributed by atoms with E-state index in [1.807, 2.05) is 6.07 Å². The molecular formula is C15H14ClNO2. The maximum atomic E-state index is 12.0. The first kappa shape index (κ1) is 13.6. The van der Waals surface area contributed by atoms with E-state index in [0.717, 1.165) is 5.56 Å². The van der Waals surface area contributed by atoms with Crippen LogP contribution in [0.4, 0.5) is 5.69 Å². The summed E-state index contributed by atoms with van der Waals surface area (Å²) in [6.45, 7) is 1.68. The van der Waals surface area contributed by atoms with Gasteiger partial charge in [-0.3, -0.25) is 4.79 Å². The third-order valence-corrected chi connectivity index (χ3v) is 2.99. The summed E-state index contributed by atoms with van der Waals surface area (Å²) in [5.74, 6) is -0.209. The second kappa shape index (κ2) is 5.87. The molecule has 2 rings (SSSR count). The van der Waals surface area contributed by atoms with Gasteiger partial charge in [-0.25, -0.2) is 0 Å². The van der Waals surface area contributed by atoms with Crippen molar-refractivity contribution in [3.63, 3.8) is 0 Å². The van der Waals surface area contributed by atoms with Gasteiger partial charge in [0.2, 0.25) is 0 Å². The van der Waals surface area contributed by atoms with Crippen molar-refractivity contribution < 1.29 is 9.90 Å². The lowest BCUT2D eigenvalue weighted by molar-refractivity contribution is 0.102. The Kier molecular flexibility index (Phi) is 4.20. The van der Waals surface area contributed by atoms with Crippen LogP contribution in [-0.2, 0) is 0 Å². The quantitative estimate of drug-likeness (QED) is 0.898. The second-order valence-electron chi connectivity index (χ2n) is 4.26. The van der Waals surface area contributed by atoms with Crippen LogP contribution in [0.3, 0.4) is 0 Å². The Hall–Kier alpha value is -1.84. The number of carbonyl (C=O) groups is 1. The zero-order valence-electron chi connectivity index (χ0n) is 10.4. The monoisotopic (exact) mass is 275 g/mol. The number of amides is 1. The Morgan fingerprint density at radius 3 is 2.53 bits per heavy atom. The number of carbonyl (C=O) groups excluding carboxylic acids is 1. The van der Waals surface area contributed by atoms with Gasteiger partial charge in [0, 0.05) is 16.3 Å². The van der Waals surface area contributed by atoms with E-state index in [4.69, 9.17) is 11.6 Å². The molecule has 0 aromatic heterocycles. The maximum absolute atomic E-state index is 12.0. The lowest BCUT2D eigenvalue weighted by Gasteiger charge is -2.09. The molecule has 0 spiro atoms. The summed E-state index contributed by atoms with van der Waals surface area (Å²) in [4.78, 5) is 12.0. The molecule has 0 aliphatic rings. The summed E-state index contributed by atoms with van der Waals surface area (Å²) in [5.41, 5.74) is 1.94. The van der Waals surface area contributed by atoms with Crippen molar-refractivity contribution in [2.45, 2.75) is 13.0 Å². The van der Waals surface area contributed by atoms with Crippen LogP contribution >= 0.6 is 11.6 Å². The molecule has 0 radical (unpaired) electrons. The van der Waals surface area contributed by atoms with Crippen molar-refractivity contribution >= 4 is 23.2 Å². The number of aliphatic hydroxyl groups excluding tert-OH is 1. The summed E-state index contributed by atoms with van der Waals surface area (Å²) in [7, 11) is 0. The fourth-order valence-corrected chi connectivity index (χ4v) is 1.81. The molecule has 1 unspecified atom stereocenters. The molecular weight excluding hydrogens is 262 g/mol. The van der Waals surface area contributed by atoms with E-state index < -0.39 is 6.10 Å². The summed E-state index contributed by atoms with van der Waals surface area (Å²) in [6, 6.07) is 13.8. The van der Waals surface area contributed by atoms with Crippen LogP contribution in [-0.4, -0.2) is 11.0 Å². The molecule has 1 atom stereocenters. The van der Waals surface area contributed by atoms with Gasteiger partial charge in [0.25, 0.3) is 5.91 Å². The number of hydrogen-bond donors (Lipinski definition) is 2. The molecule has 0 heterocycles. The molecule has 0 bridgehead atoms. The van der Waals surface area contributed by atoms with Gasteiger partial charge < -0.3 is 10.4 Å². The van der Waals surface area contributed by atoms with E-state index in [-0.39, 0.29) is 5.91 Å². The smallest absolute Gasteiger partial charge is 0.255 e. The van der Waals surface area contributed by atoms with Crippen molar-refractivity contribution in [3.05, 3.63) is 64.7 Å². The van der Waals surface area contributed by atoms with E-state index in [1.54, 1.807) is 49.4 Å². The lowest BCUT2D eigenvalue weighted by atomic mass is 10.1. The minimum absolute atomic E-state index is 0.209. The van der Waals surface area contributed by atoms with Crippen molar-refractivity contribution in [2.24, 2.45) is 0 Å². The molecule has 0 fully saturated rings. The van der Waals surface area contributed by atoms with Gasteiger partial charge in [-0.05, 0) is 48.9 Å². The van der Waals surface area contributed by atoms with Gasteiger partial charge in [0.1, 0.15) is 0 Å². The largest absolute Gasteiger partial charge is 0.389 e. The highest BCUT2D eigenvalue weighted by Crippen LogP contribution is 2.18. The molecule has 0 saturated heterocycles. The van der Waals surface area contributed by atoms with Crippen LogP contribution in [0.1, 0.15) is 28.9 Å². The van der Waals surface area contributed by atoms with Gasteiger partial charge in [-0.15, -0.1) is 0 Å². The van der Waals surface area contributed by atoms with Crippen molar-refractivity contribution in [1.82, 2.24) is 0 Å². The van der Waals surface area contributed by atoms with E-state index >= 15 is 0 Å². The number of anilines is 1. The number of nitrogens with one attached hydrogen (secondary N) is 1. The zero-order chi connectivity index (χ0) is 13.8. The van der Waals surface area contributed by atoms with E-state index in [0.29, 0.717) is 16.3 Å². The lowest BCUT2D eigenvalue weighted by Crippen LogP contribution is -2.11. The molecule has 4 heteroatoms. The second-order valence-corrected chi connectivity index (χ2v) is 4.70. The summed E-state index contributed by atoms with van der Waals surface area (Å²) < 4.78 is 0. The Bertz CT molecular complexity index is 579. The maximum Gasteiger partial charge on any atom is 0.255 e. The predicted molar refractivity (Wildman–Crippen MR) is 76.5 cm³/mol. The number of halogens is 1. The van der Waals surface area contributed by atoms with Crippen molar-refractivity contribution in [2.75, 3.05) is 5.32 Å². The Labute approximate surface area is 116 Å².